The Hall–Kier alpha value is -2.83. The zero-order valence-corrected chi connectivity index (χ0v) is 16.1. The molecule has 0 aliphatic carbocycles. The largest absolute Gasteiger partial charge is 0.772 e. The van der Waals surface area contributed by atoms with Crippen molar-refractivity contribution in [3.05, 3.63) is 35.9 Å². The molecule has 0 spiro atoms. The zero-order chi connectivity index (χ0) is 21.4. The van der Waals surface area contributed by atoms with Crippen molar-refractivity contribution in [1.82, 2.24) is 5.32 Å². The number of nitrogens with two attached hydrogens (primary N) is 2. The number of esters is 2. The van der Waals surface area contributed by atoms with Gasteiger partial charge >= 0.3 is 17.9 Å². The van der Waals surface area contributed by atoms with Gasteiger partial charge in [0.15, 0.2) is 5.92 Å². The van der Waals surface area contributed by atoms with Crippen molar-refractivity contribution >= 4 is 34.9 Å². The zero-order valence-electron chi connectivity index (χ0n) is 15.3. The predicted octanol–water partition coefficient (Wildman–Crippen LogP) is -1.18. The van der Waals surface area contributed by atoms with E-state index in [1.807, 2.05) is 0 Å². The van der Waals surface area contributed by atoms with Gasteiger partial charge in [-0.1, -0.05) is 29.3 Å². The van der Waals surface area contributed by atoms with E-state index in [4.69, 9.17) is 16.2 Å². The summed E-state index contributed by atoms with van der Waals surface area (Å²) in [7, 11) is 0. The average molecular weight is 425 g/mol. The lowest BCUT2D eigenvalue weighted by Crippen LogP contribution is -2.47. The summed E-state index contributed by atoms with van der Waals surface area (Å²) in [6.45, 7) is 0.684. The summed E-state index contributed by atoms with van der Waals surface area (Å²) < 4.78 is 27.2. The maximum Gasteiger partial charge on any atom is 0.349 e. The molecule has 12 heteroatoms. The van der Waals surface area contributed by atoms with Crippen LogP contribution in [0.1, 0.15) is 16.8 Å². The van der Waals surface area contributed by atoms with Gasteiger partial charge in [0.05, 0.1) is 5.56 Å². The van der Waals surface area contributed by atoms with Gasteiger partial charge in [0.1, 0.15) is 0 Å². The third-order valence-corrected chi connectivity index (χ3v) is 5.10. The summed E-state index contributed by atoms with van der Waals surface area (Å²) in [4.78, 5) is 42.0. The van der Waals surface area contributed by atoms with Crippen LogP contribution < -0.4 is 16.8 Å². The molecule has 0 radical (unpaired) electrons. The van der Waals surface area contributed by atoms with Crippen molar-refractivity contribution in [1.29, 1.82) is 0 Å². The standard InChI is InChI=1S/C17H22N4O7S/c18-17(19)21-28-16(24)13(12-6-7-20-8-11(12)9-29(25)26)15(23)27-14(22)10-4-2-1-3-5-10/h1-5,11-13,20H,6-9H2,(H,25,26)(H4,18,19,21)/p-1. The van der Waals surface area contributed by atoms with Gasteiger partial charge in [-0.2, -0.15) is 0 Å². The van der Waals surface area contributed by atoms with E-state index >= 15 is 0 Å². The van der Waals surface area contributed by atoms with Crippen molar-refractivity contribution in [2.75, 3.05) is 18.8 Å². The molecule has 2 rings (SSSR count). The molecular weight excluding hydrogens is 404 g/mol. The molecule has 1 aromatic carbocycles. The molecule has 0 saturated carbocycles. The van der Waals surface area contributed by atoms with Gasteiger partial charge in [-0.15, -0.1) is 0 Å². The second-order valence-corrected chi connectivity index (χ2v) is 7.31. The van der Waals surface area contributed by atoms with Crippen LogP contribution in [-0.2, 0) is 30.2 Å². The Labute approximate surface area is 169 Å². The van der Waals surface area contributed by atoms with Crippen LogP contribution in [0.3, 0.4) is 0 Å². The second-order valence-electron chi connectivity index (χ2n) is 6.37. The van der Waals surface area contributed by atoms with Crippen LogP contribution in [0.4, 0.5) is 0 Å². The summed E-state index contributed by atoms with van der Waals surface area (Å²) in [6, 6.07) is 7.72. The first-order valence-corrected chi connectivity index (χ1v) is 9.91. The molecular formula is C17H21N4O7S-. The molecule has 1 heterocycles. The highest BCUT2D eigenvalue weighted by Gasteiger charge is 2.44. The highest BCUT2D eigenvalue weighted by Crippen LogP contribution is 2.30. The quantitative estimate of drug-likeness (QED) is 0.0913. The van der Waals surface area contributed by atoms with Crippen molar-refractivity contribution in [3.8, 4) is 0 Å². The Morgan fingerprint density at radius 2 is 1.93 bits per heavy atom. The van der Waals surface area contributed by atoms with E-state index in [2.05, 4.69) is 15.3 Å². The van der Waals surface area contributed by atoms with Crippen LogP contribution in [0.25, 0.3) is 0 Å². The molecule has 0 aromatic heterocycles. The van der Waals surface area contributed by atoms with Gasteiger partial charge in [0, 0.05) is 5.75 Å². The topological polar surface area (TPSA) is 186 Å². The van der Waals surface area contributed by atoms with Crippen LogP contribution >= 0.6 is 0 Å². The summed E-state index contributed by atoms with van der Waals surface area (Å²) in [5, 5.41) is 6.15. The van der Waals surface area contributed by atoms with Gasteiger partial charge in [-0.25, -0.2) is 9.59 Å². The third kappa shape index (κ3) is 6.62. The number of nitrogens with zero attached hydrogens (tertiary/aromatic N) is 1. The van der Waals surface area contributed by atoms with E-state index in [-0.39, 0.29) is 24.3 Å². The second kappa shape index (κ2) is 10.6. The number of nitrogens with one attached hydrogen (secondary N) is 1. The van der Waals surface area contributed by atoms with Crippen molar-refractivity contribution in [3.63, 3.8) is 0 Å². The molecule has 11 nitrogen and oxygen atoms in total. The Balaban J connectivity index is 2.26. The SMILES string of the molecule is NC(N)=NOC(=O)C(C(=O)OC(=O)c1ccccc1)C1CCNCC1CS(=O)[O-]. The molecule has 0 bridgehead atoms. The number of benzene rings is 1. The minimum Gasteiger partial charge on any atom is -0.772 e. The smallest absolute Gasteiger partial charge is 0.349 e. The highest BCUT2D eigenvalue weighted by molar-refractivity contribution is 7.79. The number of guanidine groups is 1. The molecule has 4 unspecified atom stereocenters. The summed E-state index contributed by atoms with van der Waals surface area (Å²) in [6.07, 6.45) is 0.276. The number of rotatable bonds is 7. The molecule has 1 fully saturated rings. The number of hydrogen-bond donors (Lipinski definition) is 3. The number of hydrogen-bond acceptors (Lipinski definition) is 9. The van der Waals surface area contributed by atoms with Crippen LogP contribution in [0.5, 0.6) is 0 Å². The average Bonchev–Trinajstić information content (AvgIpc) is 2.68. The van der Waals surface area contributed by atoms with Gasteiger partial charge in [-0.3, -0.25) is 9.00 Å². The van der Waals surface area contributed by atoms with E-state index in [0.29, 0.717) is 6.54 Å². The minimum atomic E-state index is -2.41. The van der Waals surface area contributed by atoms with Crippen LogP contribution in [0.15, 0.2) is 35.5 Å². The van der Waals surface area contributed by atoms with Crippen molar-refractivity contribution in [2.24, 2.45) is 34.4 Å². The molecule has 1 aliphatic rings. The van der Waals surface area contributed by atoms with E-state index in [9.17, 15) is 23.1 Å². The fourth-order valence-electron chi connectivity index (χ4n) is 3.13. The molecule has 4 atom stereocenters. The van der Waals surface area contributed by atoms with Crippen LogP contribution in [0, 0.1) is 17.8 Å². The number of piperidine rings is 1. The van der Waals surface area contributed by atoms with Crippen LogP contribution in [0.2, 0.25) is 0 Å². The summed E-state index contributed by atoms with van der Waals surface area (Å²) in [5.74, 6) is -7.02. The number of carbonyl (C=O) groups excluding carboxylic acids is 3. The summed E-state index contributed by atoms with van der Waals surface area (Å²) in [5.41, 5.74) is 10.4. The van der Waals surface area contributed by atoms with Gasteiger partial charge in [0.2, 0.25) is 5.96 Å². The van der Waals surface area contributed by atoms with Gasteiger partial charge in [-0.05, 0) is 48.6 Å². The molecule has 1 saturated heterocycles. The maximum atomic E-state index is 12.7. The molecule has 1 aliphatic heterocycles. The molecule has 1 aromatic rings. The van der Waals surface area contributed by atoms with Crippen LogP contribution in [-0.4, -0.2) is 51.5 Å². The number of carbonyl (C=O) groups is 3. The fraction of sp³-hybridized carbons (Fsp3) is 0.412. The lowest BCUT2D eigenvalue weighted by Gasteiger charge is -2.35. The Kier molecular flexibility index (Phi) is 8.24. The monoisotopic (exact) mass is 425 g/mol. The fourth-order valence-corrected chi connectivity index (χ4v) is 3.84. The maximum absolute atomic E-state index is 12.7. The molecule has 29 heavy (non-hydrogen) atoms. The van der Waals surface area contributed by atoms with E-state index in [0.717, 1.165) is 0 Å². The molecule has 0 amide bonds. The summed E-state index contributed by atoms with van der Waals surface area (Å²) >= 11 is -2.41. The van der Waals surface area contributed by atoms with E-state index in [1.54, 1.807) is 18.2 Å². The molecule has 158 valence electrons. The van der Waals surface area contributed by atoms with Crippen molar-refractivity contribution < 1.29 is 32.7 Å². The Morgan fingerprint density at radius 3 is 2.55 bits per heavy atom. The Bertz CT molecular complexity index is 798. The minimum absolute atomic E-state index is 0.111. The molecule has 5 N–H and O–H groups in total. The first-order chi connectivity index (χ1) is 13.8. The predicted molar refractivity (Wildman–Crippen MR) is 101 cm³/mol. The highest BCUT2D eigenvalue weighted by atomic mass is 32.2. The first-order valence-electron chi connectivity index (χ1n) is 8.67. The van der Waals surface area contributed by atoms with Crippen molar-refractivity contribution in [2.45, 2.75) is 6.42 Å². The Morgan fingerprint density at radius 1 is 1.24 bits per heavy atom. The number of ether oxygens (including phenoxy) is 1. The lowest BCUT2D eigenvalue weighted by molar-refractivity contribution is -0.163. The number of oxime groups is 1. The first kappa shape index (κ1) is 22.5. The van der Waals surface area contributed by atoms with E-state index in [1.165, 1.54) is 12.1 Å². The lowest BCUT2D eigenvalue weighted by atomic mass is 9.78. The van der Waals surface area contributed by atoms with Gasteiger partial charge in [0.25, 0.3) is 0 Å². The third-order valence-electron chi connectivity index (χ3n) is 4.40. The normalized spacial score (nSPS) is 20.7. The van der Waals surface area contributed by atoms with E-state index < -0.39 is 52.7 Å². The van der Waals surface area contributed by atoms with Gasteiger partial charge < -0.3 is 30.9 Å².